The van der Waals surface area contributed by atoms with Gasteiger partial charge in [0, 0.05) is 4.47 Å². The summed E-state index contributed by atoms with van der Waals surface area (Å²) in [6.45, 7) is 0. The largest absolute Gasteiger partial charge is 0.493 e. The van der Waals surface area contributed by atoms with Crippen molar-refractivity contribution in [1.29, 1.82) is 0 Å². The molecule has 3 aromatic rings. The van der Waals surface area contributed by atoms with E-state index in [-0.39, 0.29) is 22.2 Å². The number of carbonyl (C=O) groups is 2. The molecule has 0 aliphatic rings. The third-order valence-corrected chi connectivity index (χ3v) is 5.47. The van der Waals surface area contributed by atoms with Crippen LogP contribution in [0.5, 0.6) is 11.5 Å². The highest BCUT2D eigenvalue weighted by Gasteiger charge is 2.14. The number of amides is 1. The molecule has 0 aliphatic heterocycles. The topological polar surface area (TPSA) is 77.0 Å². The zero-order valence-electron chi connectivity index (χ0n) is 16.1. The van der Waals surface area contributed by atoms with Crippen LogP contribution in [0.3, 0.4) is 0 Å². The highest BCUT2D eigenvalue weighted by Crippen LogP contribution is 2.29. The molecule has 0 atom stereocenters. The maximum absolute atomic E-state index is 12.4. The Morgan fingerprint density at radius 1 is 1.00 bits per heavy atom. The van der Waals surface area contributed by atoms with Gasteiger partial charge in [-0.25, -0.2) is 10.2 Å². The van der Waals surface area contributed by atoms with E-state index in [0.717, 1.165) is 0 Å². The second-order valence-corrected chi connectivity index (χ2v) is 7.78. The summed E-state index contributed by atoms with van der Waals surface area (Å²) in [5.74, 6) is -0.440. The van der Waals surface area contributed by atoms with Gasteiger partial charge in [-0.3, -0.25) is 4.79 Å². The molecule has 3 rings (SSSR count). The van der Waals surface area contributed by atoms with E-state index in [9.17, 15) is 9.59 Å². The molecule has 0 heterocycles. The molecule has 0 fully saturated rings. The van der Waals surface area contributed by atoms with Crippen LogP contribution >= 0.6 is 39.1 Å². The molecule has 31 heavy (non-hydrogen) atoms. The second-order valence-electron chi connectivity index (χ2n) is 6.11. The van der Waals surface area contributed by atoms with Gasteiger partial charge in [-0.2, -0.15) is 5.10 Å². The van der Waals surface area contributed by atoms with Crippen molar-refractivity contribution in [3.63, 3.8) is 0 Å². The number of hydrogen-bond donors (Lipinski definition) is 1. The molecule has 0 unspecified atom stereocenters. The minimum atomic E-state index is -0.612. The molecule has 9 heteroatoms. The van der Waals surface area contributed by atoms with Crippen LogP contribution in [0, 0.1) is 0 Å². The predicted molar refractivity (Wildman–Crippen MR) is 124 cm³/mol. The fourth-order valence-electron chi connectivity index (χ4n) is 2.50. The van der Waals surface area contributed by atoms with Crippen molar-refractivity contribution in [2.24, 2.45) is 5.10 Å². The van der Waals surface area contributed by atoms with Gasteiger partial charge in [0.15, 0.2) is 11.5 Å². The third kappa shape index (κ3) is 5.85. The van der Waals surface area contributed by atoms with Gasteiger partial charge in [0.25, 0.3) is 5.91 Å². The first-order valence-electron chi connectivity index (χ1n) is 8.82. The second kappa shape index (κ2) is 10.4. The van der Waals surface area contributed by atoms with E-state index in [2.05, 4.69) is 26.5 Å². The smallest absolute Gasteiger partial charge is 0.343 e. The monoisotopic (exact) mass is 520 g/mol. The van der Waals surface area contributed by atoms with Crippen molar-refractivity contribution in [1.82, 2.24) is 5.43 Å². The first-order chi connectivity index (χ1) is 14.9. The van der Waals surface area contributed by atoms with Crippen molar-refractivity contribution in [3.8, 4) is 11.5 Å². The lowest BCUT2D eigenvalue weighted by Crippen LogP contribution is -2.18. The van der Waals surface area contributed by atoms with Gasteiger partial charge in [-0.15, -0.1) is 0 Å². The molecule has 0 saturated carbocycles. The number of nitrogens with zero attached hydrogens (tertiary/aromatic N) is 1. The van der Waals surface area contributed by atoms with Crippen LogP contribution in [0.15, 0.2) is 70.2 Å². The molecule has 3 aromatic carbocycles. The minimum Gasteiger partial charge on any atom is -0.493 e. The van der Waals surface area contributed by atoms with Crippen LogP contribution in [0.1, 0.15) is 26.3 Å². The van der Waals surface area contributed by atoms with Gasteiger partial charge >= 0.3 is 5.97 Å². The third-order valence-electron chi connectivity index (χ3n) is 4.04. The fraction of sp³-hybridized carbons (Fsp3) is 0.0455. The molecule has 1 amide bonds. The predicted octanol–water partition coefficient (Wildman–Crippen LogP) is 5.75. The Kier molecular flexibility index (Phi) is 7.68. The zero-order chi connectivity index (χ0) is 22.4. The van der Waals surface area contributed by atoms with Gasteiger partial charge in [-0.05, 0) is 70.0 Å². The number of nitrogens with one attached hydrogen (secondary N) is 1. The molecular formula is C22H15BrCl2N2O4. The summed E-state index contributed by atoms with van der Waals surface area (Å²) in [5, 5.41) is 4.54. The summed E-state index contributed by atoms with van der Waals surface area (Å²) in [5.41, 5.74) is 3.79. The van der Waals surface area contributed by atoms with Gasteiger partial charge in [0.05, 0.1) is 34.5 Å². The summed E-state index contributed by atoms with van der Waals surface area (Å²) in [4.78, 5) is 24.6. The van der Waals surface area contributed by atoms with E-state index < -0.39 is 5.97 Å². The number of hydrazone groups is 1. The van der Waals surface area contributed by atoms with Crippen molar-refractivity contribution >= 4 is 57.2 Å². The van der Waals surface area contributed by atoms with Crippen LogP contribution in [-0.2, 0) is 0 Å². The van der Waals surface area contributed by atoms with Gasteiger partial charge in [0.1, 0.15) is 0 Å². The summed E-state index contributed by atoms with van der Waals surface area (Å²) in [7, 11) is 1.45. The Labute approximate surface area is 196 Å². The number of carbonyl (C=O) groups excluding carboxylic acids is 2. The Morgan fingerprint density at radius 2 is 1.77 bits per heavy atom. The van der Waals surface area contributed by atoms with E-state index in [1.54, 1.807) is 36.4 Å². The highest BCUT2D eigenvalue weighted by molar-refractivity contribution is 9.10. The Bertz CT molecular complexity index is 1170. The van der Waals surface area contributed by atoms with Crippen LogP contribution in [-0.4, -0.2) is 25.2 Å². The van der Waals surface area contributed by atoms with Gasteiger partial charge in [0.2, 0.25) is 0 Å². The number of halogens is 3. The Morgan fingerprint density at radius 3 is 2.48 bits per heavy atom. The summed E-state index contributed by atoms with van der Waals surface area (Å²) in [6, 6.07) is 16.3. The van der Waals surface area contributed by atoms with E-state index in [1.165, 1.54) is 31.5 Å². The molecule has 6 nitrogen and oxygen atoms in total. The Balaban J connectivity index is 1.70. The van der Waals surface area contributed by atoms with Crippen LogP contribution in [0.2, 0.25) is 10.0 Å². The van der Waals surface area contributed by atoms with E-state index in [1.807, 2.05) is 6.07 Å². The molecular weight excluding hydrogens is 507 g/mol. The average Bonchev–Trinajstić information content (AvgIpc) is 2.76. The number of esters is 1. The lowest BCUT2D eigenvalue weighted by Gasteiger charge is -2.10. The van der Waals surface area contributed by atoms with Gasteiger partial charge < -0.3 is 9.47 Å². The van der Waals surface area contributed by atoms with Crippen molar-refractivity contribution < 1.29 is 19.1 Å². The standard InChI is InChI=1S/C22H15BrCl2N2O4/c1-30-20-10-13(12-26-27-21(28)15-4-2-3-5-16(15)23)6-9-19(20)31-22(29)14-7-8-17(24)18(25)11-14/h2-12H,1H3,(H,27,28)/b26-12-. The van der Waals surface area contributed by atoms with Crippen LogP contribution < -0.4 is 14.9 Å². The minimum absolute atomic E-state index is 0.216. The number of benzene rings is 3. The number of ether oxygens (including phenoxy) is 2. The van der Waals surface area contributed by atoms with Crippen molar-refractivity contribution in [3.05, 3.63) is 91.9 Å². The molecule has 0 bridgehead atoms. The molecule has 158 valence electrons. The zero-order valence-corrected chi connectivity index (χ0v) is 19.2. The van der Waals surface area contributed by atoms with Crippen LogP contribution in [0.25, 0.3) is 0 Å². The van der Waals surface area contributed by atoms with Gasteiger partial charge in [-0.1, -0.05) is 35.3 Å². The number of rotatable bonds is 6. The normalized spacial score (nSPS) is 10.7. The summed E-state index contributed by atoms with van der Waals surface area (Å²) >= 11 is 15.1. The van der Waals surface area contributed by atoms with Crippen molar-refractivity contribution in [2.45, 2.75) is 0 Å². The fourth-order valence-corrected chi connectivity index (χ4v) is 3.26. The quantitative estimate of drug-likeness (QED) is 0.194. The molecule has 0 radical (unpaired) electrons. The molecule has 1 N–H and O–H groups in total. The van der Waals surface area contributed by atoms with E-state index in [0.29, 0.717) is 26.4 Å². The molecule has 0 saturated heterocycles. The molecule has 0 aliphatic carbocycles. The Hall–Kier alpha value is -2.87. The maximum atomic E-state index is 12.4. The summed E-state index contributed by atoms with van der Waals surface area (Å²) in [6.07, 6.45) is 1.45. The van der Waals surface area contributed by atoms with E-state index in [4.69, 9.17) is 32.7 Å². The van der Waals surface area contributed by atoms with Crippen LogP contribution in [0.4, 0.5) is 0 Å². The summed E-state index contributed by atoms with van der Waals surface area (Å²) < 4.78 is 11.4. The maximum Gasteiger partial charge on any atom is 0.343 e. The number of hydrogen-bond acceptors (Lipinski definition) is 5. The first-order valence-corrected chi connectivity index (χ1v) is 10.4. The molecule has 0 spiro atoms. The van der Waals surface area contributed by atoms with Crippen molar-refractivity contribution in [2.75, 3.05) is 7.11 Å². The first kappa shape index (κ1) is 22.8. The average molecular weight is 522 g/mol. The molecule has 0 aromatic heterocycles. The SMILES string of the molecule is COc1cc(/C=N\NC(=O)c2ccccc2Br)ccc1OC(=O)c1ccc(Cl)c(Cl)c1. The highest BCUT2D eigenvalue weighted by atomic mass is 79.9. The van der Waals surface area contributed by atoms with E-state index >= 15 is 0 Å². The lowest BCUT2D eigenvalue weighted by molar-refractivity contribution is 0.0729. The lowest BCUT2D eigenvalue weighted by atomic mass is 10.2. The number of methoxy groups -OCH3 is 1.